The Hall–Kier alpha value is -0.610. The summed E-state index contributed by atoms with van der Waals surface area (Å²) in [4.78, 5) is 14.2. The van der Waals surface area contributed by atoms with Gasteiger partial charge in [-0.15, -0.1) is 0 Å². The monoisotopic (exact) mass is 284 g/mol. The van der Waals surface area contributed by atoms with Crippen molar-refractivity contribution in [3.63, 3.8) is 0 Å². The lowest BCUT2D eigenvalue weighted by Crippen LogP contribution is -2.46. The quantitative estimate of drug-likeness (QED) is 0.550. The summed E-state index contributed by atoms with van der Waals surface area (Å²) in [5.41, 5.74) is 5.18. The molecule has 0 aromatic heterocycles. The fraction of sp³-hybridized carbons (Fsp3) is 0.938. The Kier molecular flexibility index (Phi) is 7.52. The number of nitrogens with zero attached hydrogens (tertiary/aromatic N) is 1. The first-order chi connectivity index (χ1) is 9.47. The van der Waals surface area contributed by atoms with Gasteiger partial charge in [0.1, 0.15) is 5.54 Å². The van der Waals surface area contributed by atoms with Crippen LogP contribution in [0.1, 0.15) is 65.2 Å². The van der Waals surface area contributed by atoms with Gasteiger partial charge in [0.25, 0.3) is 0 Å². The average Bonchev–Trinajstić information content (AvgIpc) is 2.44. The van der Waals surface area contributed by atoms with Gasteiger partial charge in [-0.05, 0) is 59.5 Å². The van der Waals surface area contributed by atoms with Crippen LogP contribution in [-0.4, -0.2) is 42.6 Å². The lowest BCUT2D eigenvalue weighted by Gasteiger charge is -2.31. The van der Waals surface area contributed by atoms with E-state index < -0.39 is 5.54 Å². The molecular weight excluding hydrogens is 252 g/mol. The van der Waals surface area contributed by atoms with Gasteiger partial charge in [0, 0.05) is 6.04 Å². The van der Waals surface area contributed by atoms with E-state index in [1.165, 1.54) is 32.1 Å². The van der Waals surface area contributed by atoms with Crippen molar-refractivity contribution in [3.05, 3.63) is 0 Å². The molecule has 0 amide bonds. The number of ether oxygens (including phenoxy) is 1. The maximum Gasteiger partial charge on any atom is 0.325 e. The Bertz CT molecular complexity index is 286. The van der Waals surface area contributed by atoms with Crippen molar-refractivity contribution in [2.75, 3.05) is 20.2 Å². The predicted octanol–water partition coefficient (Wildman–Crippen LogP) is 2.70. The van der Waals surface area contributed by atoms with E-state index in [0.717, 1.165) is 25.4 Å². The fourth-order valence-electron chi connectivity index (χ4n) is 2.96. The summed E-state index contributed by atoms with van der Waals surface area (Å²) >= 11 is 0. The van der Waals surface area contributed by atoms with Crippen molar-refractivity contribution in [3.8, 4) is 0 Å². The molecule has 4 heteroatoms. The van der Waals surface area contributed by atoms with Crippen LogP contribution in [0, 0.1) is 0 Å². The van der Waals surface area contributed by atoms with E-state index in [1.54, 1.807) is 6.92 Å². The van der Waals surface area contributed by atoms with Crippen LogP contribution < -0.4 is 5.73 Å². The molecule has 1 aliphatic rings. The standard InChI is InChI=1S/C16H32N2O2/c1-4-20-15(19)16(2,17)12-8-9-13-18(3)14-10-6-5-7-11-14/h14H,4-13,17H2,1-3H3. The molecule has 0 aliphatic heterocycles. The first-order valence-corrected chi connectivity index (χ1v) is 8.13. The van der Waals surface area contributed by atoms with Gasteiger partial charge in [0.2, 0.25) is 0 Å². The van der Waals surface area contributed by atoms with E-state index in [2.05, 4.69) is 11.9 Å². The van der Waals surface area contributed by atoms with Crippen molar-refractivity contribution in [1.82, 2.24) is 4.90 Å². The third-order valence-corrected chi connectivity index (χ3v) is 4.40. The van der Waals surface area contributed by atoms with E-state index in [-0.39, 0.29) is 5.97 Å². The van der Waals surface area contributed by atoms with Crippen LogP contribution >= 0.6 is 0 Å². The van der Waals surface area contributed by atoms with E-state index in [1.807, 2.05) is 6.92 Å². The van der Waals surface area contributed by atoms with Crippen LogP contribution in [0.3, 0.4) is 0 Å². The Morgan fingerprint density at radius 1 is 1.30 bits per heavy atom. The van der Waals surface area contributed by atoms with E-state index >= 15 is 0 Å². The van der Waals surface area contributed by atoms with Crippen LogP contribution in [0.2, 0.25) is 0 Å². The van der Waals surface area contributed by atoms with Gasteiger partial charge >= 0.3 is 5.97 Å². The summed E-state index contributed by atoms with van der Waals surface area (Å²) in [5.74, 6) is -0.277. The number of esters is 1. The van der Waals surface area contributed by atoms with Crippen molar-refractivity contribution < 1.29 is 9.53 Å². The molecule has 1 unspecified atom stereocenters. The third kappa shape index (κ3) is 5.80. The van der Waals surface area contributed by atoms with Crippen molar-refractivity contribution >= 4 is 5.97 Å². The minimum Gasteiger partial charge on any atom is -0.465 e. The number of nitrogens with two attached hydrogens (primary N) is 1. The molecule has 0 radical (unpaired) electrons. The molecule has 0 heterocycles. The fourth-order valence-corrected chi connectivity index (χ4v) is 2.96. The van der Waals surface area contributed by atoms with Crippen molar-refractivity contribution in [2.24, 2.45) is 5.73 Å². The van der Waals surface area contributed by atoms with Crippen LogP contribution in [0.5, 0.6) is 0 Å². The minimum atomic E-state index is -0.834. The van der Waals surface area contributed by atoms with E-state index in [0.29, 0.717) is 13.0 Å². The van der Waals surface area contributed by atoms with E-state index in [9.17, 15) is 4.79 Å². The number of hydrogen-bond acceptors (Lipinski definition) is 4. The second-order valence-electron chi connectivity index (χ2n) is 6.37. The number of hydrogen-bond donors (Lipinski definition) is 1. The molecule has 2 N–H and O–H groups in total. The lowest BCUT2D eigenvalue weighted by molar-refractivity contribution is -0.149. The van der Waals surface area contributed by atoms with Gasteiger partial charge in [0.15, 0.2) is 0 Å². The summed E-state index contributed by atoms with van der Waals surface area (Å²) in [6, 6.07) is 0.762. The van der Waals surface area contributed by atoms with Gasteiger partial charge in [-0.1, -0.05) is 19.3 Å². The topological polar surface area (TPSA) is 55.6 Å². The lowest BCUT2D eigenvalue weighted by atomic mass is 9.93. The van der Waals surface area contributed by atoms with Crippen LogP contribution in [-0.2, 0) is 9.53 Å². The maximum atomic E-state index is 11.7. The number of carbonyl (C=O) groups is 1. The molecule has 4 nitrogen and oxygen atoms in total. The van der Waals surface area contributed by atoms with Gasteiger partial charge in [-0.25, -0.2) is 0 Å². The van der Waals surface area contributed by atoms with Crippen LogP contribution in [0.4, 0.5) is 0 Å². The van der Waals surface area contributed by atoms with Gasteiger partial charge in [-0.3, -0.25) is 4.79 Å². The Morgan fingerprint density at radius 3 is 2.55 bits per heavy atom. The van der Waals surface area contributed by atoms with Crippen molar-refractivity contribution in [1.29, 1.82) is 0 Å². The molecule has 0 bridgehead atoms. The molecule has 1 rings (SSSR count). The van der Waals surface area contributed by atoms with Crippen molar-refractivity contribution in [2.45, 2.75) is 76.8 Å². The van der Waals surface area contributed by atoms with E-state index in [4.69, 9.17) is 10.5 Å². The molecule has 20 heavy (non-hydrogen) atoms. The number of carbonyl (C=O) groups excluding carboxylic acids is 1. The predicted molar refractivity (Wildman–Crippen MR) is 82.6 cm³/mol. The second kappa shape index (κ2) is 8.63. The van der Waals surface area contributed by atoms with Crippen LogP contribution in [0.25, 0.3) is 0 Å². The van der Waals surface area contributed by atoms with Gasteiger partial charge < -0.3 is 15.4 Å². The minimum absolute atomic E-state index is 0.277. The smallest absolute Gasteiger partial charge is 0.325 e. The molecule has 0 aromatic carbocycles. The summed E-state index contributed by atoms with van der Waals surface area (Å²) in [5, 5.41) is 0. The summed E-state index contributed by atoms with van der Waals surface area (Å²) in [6.45, 7) is 5.09. The molecule has 118 valence electrons. The molecule has 1 aliphatic carbocycles. The summed E-state index contributed by atoms with van der Waals surface area (Å²) in [7, 11) is 2.23. The highest BCUT2D eigenvalue weighted by atomic mass is 16.5. The highest BCUT2D eigenvalue weighted by Gasteiger charge is 2.29. The Balaban J connectivity index is 2.18. The number of unbranched alkanes of at least 4 members (excludes halogenated alkanes) is 1. The van der Waals surface area contributed by atoms with Gasteiger partial charge in [0.05, 0.1) is 6.61 Å². The highest BCUT2D eigenvalue weighted by Crippen LogP contribution is 2.22. The molecule has 0 aromatic rings. The first-order valence-electron chi connectivity index (χ1n) is 8.13. The third-order valence-electron chi connectivity index (χ3n) is 4.40. The largest absolute Gasteiger partial charge is 0.465 e. The normalized spacial score (nSPS) is 19.9. The Morgan fingerprint density at radius 2 is 1.95 bits per heavy atom. The zero-order valence-electron chi connectivity index (χ0n) is 13.5. The number of rotatable bonds is 8. The highest BCUT2D eigenvalue weighted by molar-refractivity contribution is 5.79. The second-order valence-corrected chi connectivity index (χ2v) is 6.37. The Labute approximate surface area is 124 Å². The van der Waals surface area contributed by atoms with Gasteiger partial charge in [-0.2, -0.15) is 0 Å². The molecular formula is C16H32N2O2. The average molecular weight is 284 g/mol. The SMILES string of the molecule is CCOC(=O)C(C)(N)CCCCN(C)C1CCCCC1. The zero-order valence-corrected chi connectivity index (χ0v) is 13.5. The summed E-state index contributed by atoms with van der Waals surface area (Å²) in [6.07, 6.45) is 9.60. The zero-order chi connectivity index (χ0) is 15.0. The molecule has 0 saturated heterocycles. The van der Waals surface area contributed by atoms with Crippen LogP contribution in [0.15, 0.2) is 0 Å². The summed E-state index contributed by atoms with van der Waals surface area (Å²) < 4.78 is 5.01. The molecule has 0 spiro atoms. The first kappa shape index (κ1) is 17.4. The maximum absolute atomic E-state index is 11.7. The molecule has 1 fully saturated rings. The molecule has 1 saturated carbocycles. The molecule has 1 atom stereocenters.